The number of nitrogens with one attached hydrogen (secondary N) is 2. The van der Waals surface area contributed by atoms with Crippen molar-refractivity contribution in [2.75, 3.05) is 46.4 Å². The van der Waals surface area contributed by atoms with Gasteiger partial charge in [-0.3, -0.25) is 9.69 Å². The van der Waals surface area contributed by atoms with Crippen LogP contribution in [0.1, 0.15) is 29.1 Å². The van der Waals surface area contributed by atoms with Crippen LogP contribution in [-0.4, -0.2) is 74.1 Å². The zero-order chi connectivity index (χ0) is 24.1. The normalized spacial score (nSPS) is 18.8. The molecule has 10 nitrogen and oxygen atoms in total. The minimum absolute atomic E-state index is 0.150. The zero-order valence-electron chi connectivity index (χ0n) is 19.2. The molecule has 1 atom stereocenters. The number of nitrogens with zero attached hydrogens (tertiary/aromatic N) is 2. The van der Waals surface area contributed by atoms with Crippen LogP contribution >= 0.6 is 0 Å². The Bertz CT molecular complexity index is 1070. The SMILES string of the molecule is CCOC(=O)C1=C(CN2CCN(C(=O)c3ccco3)CC2)NC(=O)N[C@H]1c1ccccc1OC. The number of carbonyl (C=O) groups excluding carboxylic acids is 3. The van der Waals surface area contributed by atoms with Crippen molar-refractivity contribution in [3.8, 4) is 5.75 Å². The van der Waals surface area contributed by atoms with Crippen LogP contribution in [0.15, 0.2) is 58.3 Å². The van der Waals surface area contributed by atoms with Gasteiger partial charge < -0.3 is 29.4 Å². The smallest absolute Gasteiger partial charge is 0.338 e. The number of carbonyl (C=O) groups is 3. The molecular weight excluding hydrogens is 440 g/mol. The van der Waals surface area contributed by atoms with Gasteiger partial charge in [0.1, 0.15) is 5.75 Å². The number of esters is 1. The number of para-hydroxylation sites is 1. The first-order valence-electron chi connectivity index (χ1n) is 11.2. The van der Waals surface area contributed by atoms with Gasteiger partial charge in [-0.15, -0.1) is 0 Å². The van der Waals surface area contributed by atoms with E-state index in [-0.39, 0.29) is 12.5 Å². The highest BCUT2D eigenvalue weighted by atomic mass is 16.5. The second-order valence-electron chi connectivity index (χ2n) is 7.93. The Morgan fingerprint density at radius 3 is 2.56 bits per heavy atom. The van der Waals surface area contributed by atoms with Crippen LogP contribution < -0.4 is 15.4 Å². The second kappa shape index (κ2) is 10.4. The minimum Gasteiger partial charge on any atom is -0.496 e. The summed E-state index contributed by atoms with van der Waals surface area (Å²) in [6, 6.07) is 9.43. The maximum atomic E-state index is 13.0. The van der Waals surface area contributed by atoms with Crippen molar-refractivity contribution in [1.82, 2.24) is 20.4 Å². The molecule has 3 heterocycles. The summed E-state index contributed by atoms with van der Waals surface area (Å²) in [4.78, 5) is 41.9. The Labute approximate surface area is 197 Å². The lowest BCUT2D eigenvalue weighted by molar-refractivity contribution is -0.139. The fourth-order valence-electron chi connectivity index (χ4n) is 4.22. The molecule has 0 saturated carbocycles. The van der Waals surface area contributed by atoms with E-state index in [0.717, 1.165) is 0 Å². The number of benzene rings is 1. The molecule has 180 valence electrons. The number of furan rings is 1. The van der Waals surface area contributed by atoms with Gasteiger partial charge >= 0.3 is 12.0 Å². The van der Waals surface area contributed by atoms with Crippen molar-refractivity contribution in [3.63, 3.8) is 0 Å². The molecule has 2 aliphatic rings. The molecule has 0 bridgehead atoms. The number of methoxy groups -OCH3 is 1. The molecular formula is C24H28N4O6. The first-order chi connectivity index (χ1) is 16.5. The van der Waals surface area contributed by atoms with Crippen molar-refractivity contribution in [2.45, 2.75) is 13.0 Å². The lowest BCUT2D eigenvalue weighted by Gasteiger charge is -2.36. The van der Waals surface area contributed by atoms with E-state index in [2.05, 4.69) is 15.5 Å². The molecule has 2 N–H and O–H groups in total. The predicted molar refractivity (Wildman–Crippen MR) is 122 cm³/mol. The number of hydrogen-bond donors (Lipinski definition) is 2. The van der Waals surface area contributed by atoms with Crippen LogP contribution in [0.4, 0.5) is 4.79 Å². The lowest BCUT2D eigenvalue weighted by Crippen LogP contribution is -2.52. The second-order valence-corrected chi connectivity index (χ2v) is 7.93. The van der Waals surface area contributed by atoms with E-state index in [1.165, 1.54) is 6.26 Å². The fraction of sp³-hybridized carbons (Fsp3) is 0.375. The van der Waals surface area contributed by atoms with Gasteiger partial charge in [0.2, 0.25) is 0 Å². The van der Waals surface area contributed by atoms with Crippen LogP contribution in [-0.2, 0) is 9.53 Å². The van der Waals surface area contributed by atoms with E-state index in [0.29, 0.717) is 61.1 Å². The number of hydrogen-bond acceptors (Lipinski definition) is 7. The van der Waals surface area contributed by atoms with E-state index in [4.69, 9.17) is 13.9 Å². The third-order valence-electron chi connectivity index (χ3n) is 5.87. The summed E-state index contributed by atoms with van der Waals surface area (Å²) in [6.07, 6.45) is 1.48. The van der Waals surface area contributed by atoms with Gasteiger partial charge in [-0.2, -0.15) is 0 Å². The molecule has 0 radical (unpaired) electrons. The molecule has 1 saturated heterocycles. The highest BCUT2D eigenvalue weighted by Gasteiger charge is 2.36. The molecule has 1 aromatic carbocycles. The summed E-state index contributed by atoms with van der Waals surface area (Å²) in [5, 5.41) is 5.63. The molecule has 0 unspecified atom stereocenters. The molecule has 2 aromatic rings. The number of urea groups is 1. The highest BCUT2D eigenvalue weighted by molar-refractivity contribution is 5.95. The van der Waals surface area contributed by atoms with Gasteiger partial charge in [0.15, 0.2) is 5.76 Å². The third-order valence-corrected chi connectivity index (χ3v) is 5.87. The molecule has 4 rings (SSSR count). The van der Waals surface area contributed by atoms with Crippen molar-refractivity contribution >= 4 is 17.9 Å². The molecule has 3 amide bonds. The number of amides is 3. The van der Waals surface area contributed by atoms with Crippen molar-refractivity contribution in [3.05, 3.63) is 65.3 Å². The first kappa shape index (κ1) is 23.4. The van der Waals surface area contributed by atoms with E-state index in [1.807, 2.05) is 18.2 Å². The Morgan fingerprint density at radius 2 is 1.88 bits per heavy atom. The predicted octanol–water partition coefficient (Wildman–Crippen LogP) is 1.92. The molecule has 0 aliphatic carbocycles. The van der Waals surface area contributed by atoms with Crippen LogP contribution in [0.25, 0.3) is 0 Å². The maximum absolute atomic E-state index is 13.0. The number of ether oxygens (including phenoxy) is 2. The largest absolute Gasteiger partial charge is 0.496 e. The summed E-state index contributed by atoms with van der Waals surface area (Å²) in [5.41, 5.74) is 1.47. The summed E-state index contributed by atoms with van der Waals surface area (Å²) >= 11 is 0. The van der Waals surface area contributed by atoms with Gasteiger partial charge in [0.05, 0.1) is 31.6 Å². The average Bonchev–Trinajstić information content (AvgIpc) is 3.39. The van der Waals surface area contributed by atoms with Crippen molar-refractivity contribution in [1.29, 1.82) is 0 Å². The first-order valence-corrected chi connectivity index (χ1v) is 11.2. The molecule has 0 spiro atoms. The lowest BCUT2D eigenvalue weighted by atomic mass is 9.94. The summed E-state index contributed by atoms with van der Waals surface area (Å²) in [7, 11) is 1.54. The minimum atomic E-state index is -0.722. The van der Waals surface area contributed by atoms with Crippen molar-refractivity contribution < 1.29 is 28.3 Å². The number of rotatable bonds is 7. The highest BCUT2D eigenvalue weighted by Crippen LogP contribution is 2.33. The summed E-state index contributed by atoms with van der Waals surface area (Å²) in [5.74, 6) is 0.210. The topological polar surface area (TPSA) is 113 Å². The third kappa shape index (κ3) is 4.91. The van der Waals surface area contributed by atoms with E-state index >= 15 is 0 Å². The Balaban J connectivity index is 1.57. The Morgan fingerprint density at radius 1 is 1.12 bits per heavy atom. The van der Waals surface area contributed by atoms with Gasteiger partial charge in [-0.1, -0.05) is 18.2 Å². The fourth-order valence-corrected chi connectivity index (χ4v) is 4.22. The number of piperazine rings is 1. The van der Waals surface area contributed by atoms with Crippen molar-refractivity contribution in [2.24, 2.45) is 0 Å². The van der Waals surface area contributed by atoms with Crippen LogP contribution in [0.3, 0.4) is 0 Å². The maximum Gasteiger partial charge on any atom is 0.338 e. The van der Waals surface area contributed by atoms with Gasteiger partial charge in [0, 0.05) is 44.0 Å². The molecule has 10 heteroatoms. The van der Waals surface area contributed by atoms with E-state index in [9.17, 15) is 14.4 Å². The average molecular weight is 469 g/mol. The monoisotopic (exact) mass is 468 g/mol. The Kier molecular flexibility index (Phi) is 7.17. The van der Waals surface area contributed by atoms with E-state index in [1.54, 1.807) is 37.1 Å². The zero-order valence-corrected chi connectivity index (χ0v) is 19.2. The molecule has 1 aromatic heterocycles. The molecule has 2 aliphatic heterocycles. The van der Waals surface area contributed by atoms with Crippen LogP contribution in [0.5, 0.6) is 5.75 Å². The van der Waals surface area contributed by atoms with Gasteiger partial charge in [0.25, 0.3) is 5.91 Å². The van der Waals surface area contributed by atoms with Crippen LogP contribution in [0, 0.1) is 0 Å². The standard InChI is InChI=1S/C24H28N4O6/c1-3-33-23(30)20-17(25-24(31)26-21(20)16-7-4-5-8-18(16)32-2)15-27-10-12-28(13-11-27)22(29)19-9-6-14-34-19/h4-9,14,21H,3,10-13,15H2,1-2H3,(H2,25,26,31)/t21-/m0/s1. The van der Waals surface area contributed by atoms with Gasteiger partial charge in [-0.05, 0) is 25.1 Å². The molecule has 1 fully saturated rings. The Hall–Kier alpha value is -3.79. The van der Waals surface area contributed by atoms with Crippen LogP contribution in [0.2, 0.25) is 0 Å². The molecule has 34 heavy (non-hydrogen) atoms. The summed E-state index contributed by atoms with van der Waals surface area (Å²) < 4.78 is 16.0. The van der Waals surface area contributed by atoms with E-state index < -0.39 is 18.0 Å². The van der Waals surface area contributed by atoms with Gasteiger partial charge in [-0.25, -0.2) is 9.59 Å². The quantitative estimate of drug-likeness (QED) is 0.597. The summed E-state index contributed by atoms with van der Waals surface area (Å²) in [6.45, 7) is 4.43.